The SMILES string of the molecule is COC1=CC(c2cnn(C(C)c3ccccc3)c2)=CN(C)C1. The van der Waals surface area contributed by atoms with Crippen LogP contribution < -0.4 is 0 Å². The molecule has 4 heteroatoms. The first-order valence-corrected chi connectivity index (χ1v) is 7.43. The van der Waals surface area contributed by atoms with Gasteiger partial charge in [0.1, 0.15) is 5.76 Å². The van der Waals surface area contributed by atoms with Gasteiger partial charge < -0.3 is 9.64 Å². The van der Waals surface area contributed by atoms with Gasteiger partial charge in [-0.25, -0.2) is 0 Å². The summed E-state index contributed by atoms with van der Waals surface area (Å²) in [5.41, 5.74) is 3.47. The summed E-state index contributed by atoms with van der Waals surface area (Å²) in [6, 6.07) is 10.6. The van der Waals surface area contributed by atoms with E-state index in [-0.39, 0.29) is 6.04 Å². The molecule has 0 saturated carbocycles. The van der Waals surface area contributed by atoms with E-state index in [1.807, 2.05) is 24.0 Å². The molecule has 0 spiro atoms. The zero-order valence-corrected chi connectivity index (χ0v) is 13.2. The van der Waals surface area contributed by atoms with E-state index >= 15 is 0 Å². The van der Waals surface area contributed by atoms with E-state index in [0.717, 1.165) is 23.4 Å². The molecule has 0 saturated heterocycles. The highest BCUT2D eigenvalue weighted by Gasteiger charge is 2.14. The molecule has 114 valence electrons. The Morgan fingerprint density at radius 3 is 2.73 bits per heavy atom. The number of benzene rings is 1. The fourth-order valence-corrected chi connectivity index (χ4v) is 2.65. The number of methoxy groups -OCH3 is 1. The van der Waals surface area contributed by atoms with Crippen LogP contribution in [0.1, 0.15) is 24.1 Å². The summed E-state index contributed by atoms with van der Waals surface area (Å²) < 4.78 is 7.39. The third kappa shape index (κ3) is 2.91. The number of hydrogen-bond donors (Lipinski definition) is 0. The first kappa shape index (κ1) is 14.4. The average Bonchev–Trinajstić information content (AvgIpc) is 3.04. The predicted molar refractivity (Wildman–Crippen MR) is 88.2 cm³/mol. The van der Waals surface area contributed by atoms with Crippen LogP contribution in [0.4, 0.5) is 0 Å². The van der Waals surface area contributed by atoms with E-state index in [1.165, 1.54) is 5.56 Å². The highest BCUT2D eigenvalue weighted by molar-refractivity contribution is 5.74. The number of allylic oxidation sites excluding steroid dienone is 2. The lowest BCUT2D eigenvalue weighted by molar-refractivity contribution is 0.254. The fraction of sp³-hybridized carbons (Fsp3) is 0.278. The minimum absolute atomic E-state index is 0.211. The molecule has 22 heavy (non-hydrogen) atoms. The standard InChI is InChI=1S/C18H21N3O/c1-14(15-7-5-4-6-8-15)21-12-17(10-19-21)16-9-18(22-3)13-20(2)11-16/h4-12,14H,13H2,1-3H3. The largest absolute Gasteiger partial charge is 0.499 e. The predicted octanol–water partition coefficient (Wildman–Crippen LogP) is 3.31. The molecule has 0 bridgehead atoms. The van der Waals surface area contributed by atoms with E-state index in [4.69, 9.17) is 4.74 Å². The second-order valence-corrected chi connectivity index (χ2v) is 5.61. The van der Waals surface area contributed by atoms with Crippen LogP contribution in [-0.2, 0) is 4.74 Å². The highest BCUT2D eigenvalue weighted by Crippen LogP contribution is 2.24. The van der Waals surface area contributed by atoms with Crippen molar-refractivity contribution in [2.75, 3.05) is 20.7 Å². The van der Waals surface area contributed by atoms with Crippen molar-refractivity contribution in [1.82, 2.24) is 14.7 Å². The van der Waals surface area contributed by atoms with Gasteiger partial charge in [0.15, 0.2) is 0 Å². The van der Waals surface area contributed by atoms with E-state index in [9.17, 15) is 0 Å². The molecule has 0 N–H and O–H groups in total. The van der Waals surface area contributed by atoms with Crippen molar-refractivity contribution in [3.05, 3.63) is 71.9 Å². The number of likely N-dealkylation sites (N-methyl/N-ethyl adjacent to an activating group) is 1. The Hall–Kier alpha value is -2.49. The molecule has 1 atom stereocenters. The first-order valence-electron chi connectivity index (χ1n) is 7.43. The smallest absolute Gasteiger partial charge is 0.115 e. The molecular formula is C18H21N3O. The Morgan fingerprint density at radius 1 is 1.23 bits per heavy atom. The van der Waals surface area contributed by atoms with Crippen LogP contribution in [0.5, 0.6) is 0 Å². The molecule has 1 aromatic carbocycles. The molecule has 3 rings (SSSR count). The van der Waals surface area contributed by atoms with Crippen LogP contribution in [0.15, 0.2) is 60.8 Å². The summed E-state index contributed by atoms with van der Waals surface area (Å²) >= 11 is 0. The van der Waals surface area contributed by atoms with E-state index in [0.29, 0.717) is 0 Å². The summed E-state index contributed by atoms with van der Waals surface area (Å²) in [5, 5.41) is 4.53. The van der Waals surface area contributed by atoms with Crippen molar-refractivity contribution in [3.8, 4) is 0 Å². The first-order chi connectivity index (χ1) is 10.7. The van der Waals surface area contributed by atoms with E-state index < -0.39 is 0 Å². The maximum atomic E-state index is 5.39. The average molecular weight is 295 g/mol. The number of hydrogen-bond acceptors (Lipinski definition) is 3. The van der Waals surface area contributed by atoms with Crippen LogP contribution in [0.25, 0.3) is 5.57 Å². The lowest BCUT2D eigenvalue weighted by atomic mass is 10.1. The Morgan fingerprint density at radius 2 is 2.00 bits per heavy atom. The van der Waals surface area contributed by atoms with Crippen molar-refractivity contribution >= 4 is 5.57 Å². The third-order valence-corrected chi connectivity index (χ3v) is 3.96. The molecule has 4 nitrogen and oxygen atoms in total. The molecule has 2 aromatic rings. The summed E-state index contributed by atoms with van der Waals surface area (Å²) in [6.07, 6.45) is 8.20. The van der Waals surface area contributed by atoms with Crippen LogP contribution in [-0.4, -0.2) is 35.4 Å². The van der Waals surface area contributed by atoms with Gasteiger partial charge in [-0.2, -0.15) is 5.10 Å². The summed E-state index contributed by atoms with van der Waals surface area (Å²) in [4.78, 5) is 2.12. The highest BCUT2D eigenvalue weighted by atomic mass is 16.5. The van der Waals surface area contributed by atoms with Gasteiger partial charge in [0.25, 0.3) is 0 Å². The summed E-state index contributed by atoms with van der Waals surface area (Å²) in [5.74, 6) is 0.962. The van der Waals surface area contributed by atoms with Gasteiger partial charge in [-0.05, 0) is 18.6 Å². The zero-order chi connectivity index (χ0) is 15.5. The van der Waals surface area contributed by atoms with Crippen LogP contribution in [0, 0.1) is 0 Å². The fourth-order valence-electron chi connectivity index (χ4n) is 2.65. The Balaban J connectivity index is 1.87. The molecule has 0 amide bonds. The molecule has 0 aliphatic carbocycles. The minimum Gasteiger partial charge on any atom is -0.499 e. The maximum Gasteiger partial charge on any atom is 0.115 e. The van der Waals surface area contributed by atoms with Crippen molar-refractivity contribution in [3.63, 3.8) is 0 Å². The third-order valence-electron chi connectivity index (χ3n) is 3.96. The van der Waals surface area contributed by atoms with Crippen molar-refractivity contribution < 1.29 is 4.74 Å². The lowest BCUT2D eigenvalue weighted by Crippen LogP contribution is -2.19. The summed E-state index contributed by atoms with van der Waals surface area (Å²) in [6.45, 7) is 2.96. The van der Waals surface area contributed by atoms with Gasteiger partial charge in [-0.3, -0.25) is 4.68 Å². The molecule has 1 aromatic heterocycles. The van der Waals surface area contributed by atoms with Gasteiger partial charge in [0, 0.05) is 30.6 Å². The normalized spacial score (nSPS) is 16.0. The monoisotopic (exact) mass is 295 g/mol. The molecule has 1 aliphatic rings. The molecule has 1 aliphatic heterocycles. The van der Waals surface area contributed by atoms with E-state index in [1.54, 1.807) is 7.11 Å². The zero-order valence-electron chi connectivity index (χ0n) is 13.2. The van der Waals surface area contributed by atoms with Gasteiger partial charge in [-0.1, -0.05) is 30.3 Å². The van der Waals surface area contributed by atoms with Gasteiger partial charge in [-0.15, -0.1) is 0 Å². The molecular weight excluding hydrogens is 274 g/mol. The Labute approximate surface area is 131 Å². The number of aromatic nitrogens is 2. The van der Waals surface area contributed by atoms with Crippen molar-refractivity contribution in [2.24, 2.45) is 0 Å². The molecule has 1 unspecified atom stereocenters. The second-order valence-electron chi connectivity index (χ2n) is 5.61. The van der Waals surface area contributed by atoms with Gasteiger partial charge >= 0.3 is 0 Å². The Kier molecular flexibility index (Phi) is 4.00. The van der Waals surface area contributed by atoms with Gasteiger partial charge in [0.05, 0.1) is 25.9 Å². The number of nitrogens with zero attached hydrogens (tertiary/aromatic N) is 3. The van der Waals surface area contributed by atoms with E-state index in [2.05, 4.69) is 59.7 Å². The van der Waals surface area contributed by atoms with Crippen molar-refractivity contribution in [1.29, 1.82) is 0 Å². The topological polar surface area (TPSA) is 30.3 Å². The molecule has 0 radical (unpaired) electrons. The minimum atomic E-state index is 0.211. The Bertz CT molecular complexity index is 700. The van der Waals surface area contributed by atoms with Crippen molar-refractivity contribution in [2.45, 2.75) is 13.0 Å². The van der Waals surface area contributed by atoms with Crippen LogP contribution >= 0.6 is 0 Å². The number of rotatable bonds is 4. The molecule has 0 fully saturated rings. The number of ether oxygens (including phenoxy) is 1. The second kappa shape index (κ2) is 6.10. The van der Waals surface area contributed by atoms with Crippen LogP contribution in [0.2, 0.25) is 0 Å². The van der Waals surface area contributed by atoms with Crippen LogP contribution in [0.3, 0.4) is 0 Å². The van der Waals surface area contributed by atoms with Gasteiger partial charge in [0.2, 0.25) is 0 Å². The summed E-state index contributed by atoms with van der Waals surface area (Å²) in [7, 11) is 3.76. The maximum absolute atomic E-state index is 5.39. The quantitative estimate of drug-likeness (QED) is 0.867. The lowest BCUT2D eigenvalue weighted by Gasteiger charge is -2.21. The molecule has 2 heterocycles.